The molecule has 22 heavy (non-hydrogen) atoms. The molecule has 0 radical (unpaired) electrons. The molecule has 0 fully saturated rings. The topological polar surface area (TPSA) is 17.1 Å². The van der Waals surface area contributed by atoms with Crippen molar-refractivity contribution in [3.05, 3.63) is 71.3 Å². The fourth-order valence-corrected chi connectivity index (χ4v) is 2.58. The van der Waals surface area contributed by atoms with Crippen molar-refractivity contribution in [2.75, 3.05) is 0 Å². The predicted molar refractivity (Wildman–Crippen MR) is 78.6 cm³/mol. The van der Waals surface area contributed by atoms with E-state index in [0.29, 0.717) is 11.1 Å². The van der Waals surface area contributed by atoms with Crippen LogP contribution in [-0.2, 0) is 5.75 Å². The Labute approximate surface area is 129 Å². The van der Waals surface area contributed by atoms with Crippen LogP contribution in [0.1, 0.15) is 21.5 Å². The summed E-state index contributed by atoms with van der Waals surface area (Å²) in [4.78, 5) is 12.4. The summed E-state index contributed by atoms with van der Waals surface area (Å²) in [7, 11) is 0. The molecule has 0 aliphatic heterocycles. The van der Waals surface area contributed by atoms with Gasteiger partial charge in [0.2, 0.25) is 0 Å². The van der Waals surface area contributed by atoms with Gasteiger partial charge in [0.15, 0.2) is 5.78 Å². The standard InChI is InChI=1S/C16H12F4OS/c17-15(18)16(19,20)22-10-12-8-4-5-9-13(12)14(21)11-6-2-1-3-7-11/h1-9,15H,10H2. The molecule has 1 nitrogen and oxygen atoms in total. The summed E-state index contributed by atoms with van der Waals surface area (Å²) in [5.41, 5.74) is 0.966. The van der Waals surface area contributed by atoms with Crippen molar-refractivity contribution in [1.82, 2.24) is 0 Å². The molecule has 0 spiro atoms. The highest BCUT2D eigenvalue weighted by Crippen LogP contribution is 2.37. The smallest absolute Gasteiger partial charge is 0.289 e. The summed E-state index contributed by atoms with van der Waals surface area (Å²) in [6, 6.07) is 14.5. The molecule has 2 aromatic rings. The van der Waals surface area contributed by atoms with Gasteiger partial charge < -0.3 is 0 Å². The first-order valence-electron chi connectivity index (χ1n) is 6.39. The van der Waals surface area contributed by atoms with E-state index in [-0.39, 0.29) is 28.9 Å². The number of hydrogen-bond donors (Lipinski definition) is 0. The number of carbonyl (C=O) groups is 1. The SMILES string of the molecule is O=C(c1ccccc1)c1ccccc1CSC(F)(F)C(F)F. The minimum absolute atomic E-state index is 0.169. The molecule has 6 heteroatoms. The van der Waals surface area contributed by atoms with E-state index in [9.17, 15) is 22.4 Å². The molecule has 0 amide bonds. The second-order valence-corrected chi connectivity index (χ2v) is 5.63. The van der Waals surface area contributed by atoms with E-state index in [1.54, 1.807) is 42.5 Å². The quantitative estimate of drug-likeness (QED) is 0.548. The van der Waals surface area contributed by atoms with E-state index in [0.717, 1.165) is 0 Å². The van der Waals surface area contributed by atoms with Gasteiger partial charge in [-0.05, 0) is 5.56 Å². The summed E-state index contributed by atoms with van der Waals surface area (Å²) in [6.45, 7) is 0. The Hall–Kier alpha value is -1.82. The molecule has 2 aromatic carbocycles. The molecule has 0 atom stereocenters. The van der Waals surface area contributed by atoms with Crippen LogP contribution in [0.25, 0.3) is 0 Å². The minimum Gasteiger partial charge on any atom is -0.289 e. The maximum absolute atomic E-state index is 13.0. The summed E-state index contributed by atoms with van der Waals surface area (Å²) in [6.07, 6.45) is -3.74. The fourth-order valence-electron chi connectivity index (χ4n) is 1.85. The summed E-state index contributed by atoms with van der Waals surface area (Å²) < 4.78 is 50.4. The molecule has 0 bridgehead atoms. The van der Waals surface area contributed by atoms with Gasteiger partial charge in [0.1, 0.15) is 0 Å². The number of ketones is 1. The Morgan fingerprint density at radius 3 is 2.23 bits per heavy atom. The second-order valence-electron chi connectivity index (χ2n) is 4.50. The van der Waals surface area contributed by atoms with Gasteiger partial charge in [-0.2, -0.15) is 8.78 Å². The van der Waals surface area contributed by atoms with E-state index in [4.69, 9.17) is 0 Å². The normalized spacial score (nSPS) is 11.7. The van der Waals surface area contributed by atoms with Gasteiger partial charge in [0.05, 0.1) is 0 Å². The van der Waals surface area contributed by atoms with Crippen LogP contribution in [0, 0.1) is 0 Å². The van der Waals surface area contributed by atoms with Gasteiger partial charge in [-0.25, -0.2) is 8.78 Å². The molecule has 0 N–H and O–H groups in total. The zero-order valence-electron chi connectivity index (χ0n) is 11.3. The summed E-state index contributed by atoms with van der Waals surface area (Å²) in [5, 5.41) is -4.14. The van der Waals surface area contributed by atoms with E-state index in [1.165, 1.54) is 12.1 Å². The lowest BCUT2D eigenvalue weighted by Gasteiger charge is -2.15. The molecule has 0 saturated heterocycles. The largest absolute Gasteiger partial charge is 0.353 e. The van der Waals surface area contributed by atoms with Gasteiger partial charge in [0, 0.05) is 16.9 Å². The summed E-state index contributed by atoms with van der Waals surface area (Å²) in [5.74, 6) is -0.691. The molecule has 0 unspecified atom stereocenters. The highest BCUT2D eigenvalue weighted by atomic mass is 32.2. The number of hydrogen-bond acceptors (Lipinski definition) is 2. The Kier molecular flexibility index (Phi) is 5.24. The summed E-state index contributed by atoms with van der Waals surface area (Å²) >= 11 is -0.169. The van der Waals surface area contributed by atoms with E-state index in [1.807, 2.05) is 0 Å². The Bertz CT molecular complexity index is 644. The van der Waals surface area contributed by atoms with Gasteiger partial charge >= 0.3 is 11.7 Å². The molecule has 0 aliphatic carbocycles. The second kappa shape index (κ2) is 6.96. The van der Waals surface area contributed by atoms with Crippen LogP contribution < -0.4 is 0 Å². The van der Waals surface area contributed by atoms with Crippen LogP contribution in [-0.4, -0.2) is 17.5 Å². The van der Waals surface area contributed by atoms with Crippen LogP contribution in [0.3, 0.4) is 0 Å². The third-order valence-corrected chi connectivity index (χ3v) is 3.99. The number of benzene rings is 2. The van der Waals surface area contributed by atoms with Crippen LogP contribution in [0.2, 0.25) is 0 Å². The molecule has 0 saturated carbocycles. The first-order chi connectivity index (χ1) is 10.4. The number of carbonyl (C=O) groups excluding carboxylic acids is 1. The average molecular weight is 328 g/mol. The van der Waals surface area contributed by atoms with Gasteiger partial charge in [-0.1, -0.05) is 66.4 Å². The van der Waals surface area contributed by atoms with Gasteiger partial charge in [0.25, 0.3) is 0 Å². The Balaban J connectivity index is 2.22. The zero-order valence-corrected chi connectivity index (χ0v) is 12.1. The van der Waals surface area contributed by atoms with E-state index in [2.05, 4.69) is 0 Å². The molecule has 0 aromatic heterocycles. The number of halogens is 4. The molecule has 2 rings (SSSR count). The number of rotatable bonds is 6. The van der Waals surface area contributed by atoms with Crippen LogP contribution in [0.4, 0.5) is 17.6 Å². The highest BCUT2D eigenvalue weighted by Gasteiger charge is 2.41. The third-order valence-electron chi connectivity index (χ3n) is 2.97. The minimum atomic E-state index is -4.14. The highest BCUT2D eigenvalue weighted by molar-refractivity contribution is 7.99. The first-order valence-corrected chi connectivity index (χ1v) is 7.38. The van der Waals surface area contributed by atoms with Crippen molar-refractivity contribution in [2.24, 2.45) is 0 Å². The molecular weight excluding hydrogens is 316 g/mol. The van der Waals surface area contributed by atoms with Gasteiger partial charge in [-0.3, -0.25) is 4.79 Å². The Morgan fingerprint density at radius 1 is 1.00 bits per heavy atom. The predicted octanol–water partition coefficient (Wildman–Crippen LogP) is 5.01. The van der Waals surface area contributed by atoms with Crippen molar-refractivity contribution in [3.8, 4) is 0 Å². The van der Waals surface area contributed by atoms with Crippen LogP contribution in [0.15, 0.2) is 54.6 Å². The van der Waals surface area contributed by atoms with Gasteiger partial charge in [-0.15, -0.1) is 0 Å². The lowest BCUT2D eigenvalue weighted by Crippen LogP contribution is -2.22. The van der Waals surface area contributed by atoms with Crippen molar-refractivity contribution >= 4 is 17.5 Å². The Morgan fingerprint density at radius 2 is 1.59 bits per heavy atom. The fraction of sp³-hybridized carbons (Fsp3) is 0.188. The molecule has 0 heterocycles. The maximum Gasteiger partial charge on any atom is 0.353 e. The lowest BCUT2D eigenvalue weighted by atomic mass is 9.99. The number of thioether (sulfide) groups is 1. The molecule has 0 aliphatic rings. The molecule has 116 valence electrons. The van der Waals surface area contributed by atoms with Crippen molar-refractivity contribution in [3.63, 3.8) is 0 Å². The van der Waals surface area contributed by atoms with Crippen molar-refractivity contribution in [2.45, 2.75) is 17.4 Å². The monoisotopic (exact) mass is 328 g/mol. The maximum atomic E-state index is 13.0. The number of alkyl halides is 4. The van der Waals surface area contributed by atoms with Crippen LogP contribution in [0.5, 0.6) is 0 Å². The van der Waals surface area contributed by atoms with Crippen LogP contribution >= 0.6 is 11.8 Å². The lowest BCUT2D eigenvalue weighted by molar-refractivity contribution is -0.0564. The van der Waals surface area contributed by atoms with Crippen molar-refractivity contribution in [1.29, 1.82) is 0 Å². The first kappa shape index (κ1) is 16.5. The molecular formula is C16H12F4OS. The van der Waals surface area contributed by atoms with E-state index < -0.39 is 11.7 Å². The van der Waals surface area contributed by atoms with Crippen molar-refractivity contribution < 1.29 is 22.4 Å². The van der Waals surface area contributed by atoms with E-state index >= 15 is 0 Å². The third kappa shape index (κ3) is 3.88. The zero-order chi connectivity index (χ0) is 16.2. The average Bonchev–Trinajstić information content (AvgIpc) is 2.53.